The average Bonchev–Trinajstić information content (AvgIpc) is 3.41. The third-order valence-corrected chi connectivity index (χ3v) is 8.26. The van der Waals surface area contributed by atoms with Gasteiger partial charge in [-0.15, -0.1) is 0 Å². The number of carbonyl (C=O) groups excluding carboxylic acids is 3. The standard InChI is InChI=1S/C32H41N5O10/c1-4-14-46-32(42)37-22-18-24(44-16-9-11-26(38)33-25-19-35(2)28(34-25)31(40)41)23(43-3)17-20(22)29(39)36-13-7-5-10-21(36)30(37)47-27-12-6-8-15-45-27/h4,17-19,21,27,30H,1,5-16H2,2-3H3,(H,33,38)(H,40,41)/t21-,27?,30-/m0/s1. The number of aromatic carboxylic acids is 1. The summed E-state index contributed by atoms with van der Waals surface area (Å²) in [6, 6.07) is 2.68. The molecule has 0 aliphatic carbocycles. The fourth-order valence-corrected chi connectivity index (χ4v) is 6.04. The van der Waals surface area contributed by atoms with Crippen LogP contribution in [0.5, 0.6) is 11.5 Å². The van der Waals surface area contributed by atoms with Crippen molar-refractivity contribution in [2.45, 2.75) is 69.9 Å². The van der Waals surface area contributed by atoms with E-state index in [2.05, 4.69) is 16.9 Å². The first-order valence-corrected chi connectivity index (χ1v) is 15.8. The zero-order chi connectivity index (χ0) is 33.5. The third kappa shape index (κ3) is 7.68. The lowest BCUT2D eigenvalue weighted by Gasteiger charge is -2.42. The SMILES string of the molecule is C=CCOC(=O)N1c2cc(OCCCC(=O)Nc3cn(C)c(C(=O)O)n3)c(OC)cc2C(=O)N2CCCC[C@H]2[C@@H]1OC1CCCCO1. The van der Waals surface area contributed by atoms with Crippen LogP contribution < -0.4 is 19.7 Å². The Labute approximate surface area is 272 Å². The van der Waals surface area contributed by atoms with Gasteiger partial charge in [0.05, 0.1) is 31.0 Å². The number of methoxy groups -OCH3 is 1. The van der Waals surface area contributed by atoms with Gasteiger partial charge in [0.1, 0.15) is 6.61 Å². The first-order valence-electron chi connectivity index (χ1n) is 15.8. The molecule has 0 spiro atoms. The van der Waals surface area contributed by atoms with Crippen molar-refractivity contribution in [1.29, 1.82) is 0 Å². The zero-order valence-electron chi connectivity index (χ0n) is 26.6. The highest BCUT2D eigenvalue weighted by Gasteiger charge is 2.46. The molecule has 2 N–H and O–H groups in total. The summed E-state index contributed by atoms with van der Waals surface area (Å²) in [7, 11) is 2.97. The van der Waals surface area contributed by atoms with E-state index in [0.29, 0.717) is 26.0 Å². The van der Waals surface area contributed by atoms with Crippen molar-refractivity contribution in [2.24, 2.45) is 7.05 Å². The van der Waals surface area contributed by atoms with Crippen molar-refractivity contribution in [1.82, 2.24) is 14.5 Å². The molecular weight excluding hydrogens is 614 g/mol. The van der Waals surface area contributed by atoms with Gasteiger partial charge in [0, 0.05) is 38.9 Å². The molecule has 5 rings (SSSR count). The van der Waals surface area contributed by atoms with Crippen LogP contribution in [0, 0.1) is 0 Å². The highest BCUT2D eigenvalue weighted by molar-refractivity contribution is 6.06. The number of aryl methyl sites for hydroxylation is 1. The fourth-order valence-electron chi connectivity index (χ4n) is 6.04. The molecule has 15 heteroatoms. The number of rotatable bonds is 12. The van der Waals surface area contributed by atoms with Gasteiger partial charge in [-0.25, -0.2) is 19.5 Å². The number of nitrogens with one attached hydrogen (secondary N) is 1. The number of hydrogen-bond acceptors (Lipinski definition) is 10. The highest BCUT2D eigenvalue weighted by Crippen LogP contribution is 2.42. The van der Waals surface area contributed by atoms with Gasteiger partial charge in [0.25, 0.3) is 5.91 Å². The topological polar surface area (TPSA) is 171 Å². The first-order chi connectivity index (χ1) is 22.7. The molecule has 1 unspecified atom stereocenters. The van der Waals surface area contributed by atoms with Gasteiger partial charge >= 0.3 is 12.1 Å². The molecule has 0 saturated carbocycles. The van der Waals surface area contributed by atoms with Crippen LogP contribution in [-0.4, -0.2) is 95.5 Å². The molecule has 2 aromatic rings. The number of nitrogens with zero attached hydrogens (tertiary/aromatic N) is 4. The van der Waals surface area contributed by atoms with Crippen LogP contribution in [0.2, 0.25) is 0 Å². The number of aromatic nitrogens is 2. The summed E-state index contributed by atoms with van der Waals surface area (Å²) in [5.41, 5.74) is 0.486. The lowest BCUT2D eigenvalue weighted by Crippen LogP contribution is -2.57. The summed E-state index contributed by atoms with van der Waals surface area (Å²) < 4.78 is 30.9. The second-order valence-electron chi connectivity index (χ2n) is 11.5. The van der Waals surface area contributed by atoms with Crippen molar-refractivity contribution in [3.8, 4) is 11.5 Å². The van der Waals surface area contributed by atoms with Crippen molar-refractivity contribution in [3.63, 3.8) is 0 Å². The van der Waals surface area contributed by atoms with Crippen molar-refractivity contribution < 1.29 is 48.0 Å². The van der Waals surface area contributed by atoms with Crippen molar-refractivity contribution in [2.75, 3.05) is 43.7 Å². The number of hydrogen-bond donors (Lipinski definition) is 2. The number of carboxylic acids is 1. The number of carbonyl (C=O) groups is 4. The van der Waals surface area contributed by atoms with Crippen LogP contribution in [0.1, 0.15) is 72.3 Å². The molecule has 47 heavy (non-hydrogen) atoms. The Kier molecular flexibility index (Phi) is 11.0. The van der Waals surface area contributed by atoms with Gasteiger partial charge in [0.15, 0.2) is 29.8 Å². The first kappa shape index (κ1) is 33.7. The van der Waals surface area contributed by atoms with E-state index in [1.54, 1.807) is 17.0 Å². The molecular formula is C32H41N5O10. The lowest BCUT2D eigenvalue weighted by atomic mass is 10.00. The number of anilines is 2. The Bertz CT molecular complexity index is 1490. The van der Waals surface area contributed by atoms with Crippen LogP contribution in [0.3, 0.4) is 0 Å². The molecule has 3 amide bonds. The summed E-state index contributed by atoms with van der Waals surface area (Å²) in [5.74, 6) is -1.38. The lowest BCUT2D eigenvalue weighted by molar-refractivity contribution is -0.198. The number of ether oxygens (including phenoxy) is 5. The summed E-state index contributed by atoms with van der Waals surface area (Å²) in [4.78, 5) is 58.6. The Morgan fingerprint density at radius 3 is 2.68 bits per heavy atom. The van der Waals surface area contributed by atoms with Gasteiger partial charge < -0.3 is 43.6 Å². The summed E-state index contributed by atoms with van der Waals surface area (Å²) in [6.07, 6.45) is 5.87. The van der Waals surface area contributed by atoms with E-state index < -0.39 is 30.6 Å². The maximum atomic E-state index is 14.1. The minimum atomic E-state index is -1.21. The Morgan fingerprint density at radius 1 is 1.17 bits per heavy atom. The molecule has 254 valence electrons. The molecule has 2 fully saturated rings. The molecule has 0 bridgehead atoms. The summed E-state index contributed by atoms with van der Waals surface area (Å²) in [6.45, 7) is 4.74. The van der Waals surface area contributed by atoms with Crippen LogP contribution in [0.15, 0.2) is 31.0 Å². The zero-order valence-corrected chi connectivity index (χ0v) is 26.6. The van der Waals surface area contributed by atoms with E-state index in [1.165, 1.54) is 35.9 Å². The molecule has 15 nitrogen and oxygen atoms in total. The largest absolute Gasteiger partial charge is 0.493 e. The molecule has 1 aromatic heterocycles. The van der Waals surface area contributed by atoms with Crippen molar-refractivity contribution in [3.05, 3.63) is 42.4 Å². The number of benzene rings is 1. The molecule has 3 atom stereocenters. The van der Waals surface area contributed by atoms with Crippen LogP contribution >= 0.6 is 0 Å². The maximum absolute atomic E-state index is 14.1. The van der Waals surface area contributed by atoms with Gasteiger partial charge in [-0.05, 0) is 51.0 Å². The minimum Gasteiger partial charge on any atom is -0.493 e. The monoisotopic (exact) mass is 655 g/mol. The number of piperidine rings is 1. The van der Waals surface area contributed by atoms with E-state index in [4.69, 9.17) is 23.7 Å². The third-order valence-electron chi connectivity index (χ3n) is 8.26. The van der Waals surface area contributed by atoms with E-state index in [-0.39, 0.29) is 72.3 Å². The normalized spacial score (nSPS) is 20.8. The Morgan fingerprint density at radius 2 is 1.98 bits per heavy atom. The maximum Gasteiger partial charge on any atom is 0.416 e. The quantitative estimate of drug-likeness (QED) is 0.251. The predicted octanol–water partition coefficient (Wildman–Crippen LogP) is 3.93. The average molecular weight is 656 g/mol. The molecule has 2 saturated heterocycles. The highest BCUT2D eigenvalue weighted by atomic mass is 16.7. The van der Waals surface area contributed by atoms with Crippen molar-refractivity contribution >= 4 is 35.4 Å². The number of fused-ring (bicyclic) bond motifs is 2. The van der Waals surface area contributed by atoms with Gasteiger partial charge in [-0.3, -0.25) is 9.59 Å². The molecule has 3 aliphatic heterocycles. The number of imidazole rings is 1. The smallest absolute Gasteiger partial charge is 0.416 e. The Balaban J connectivity index is 1.39. The Hall–Kier alpha value is -4.63. The summed E-state index contributed by atoms with van der Waals surface area (Å²) >= 11 is 0. The van der Waals surface area contributed by atoms with Gasteiger partial charge in [-0.1, -0.05) is 12.7 Å². The van der Waals surface area contributed by atoms with E-state index in [9.17, 15) is 24.3 Å². The van der Waals surface area contributed by atoms with Crippen LogP contribution in [0.4, 0.5) is 16.3 Å². The predicted molar refractivity (Wildman–Crippen MR) is 168 cm³/mol. The second kappa shape index (κ2) is 15.3. The molecule has 3 aliphatic rings. The van der Waals surface area contributed by atoms with E-state index >= 15 is 0 Å². The van der Waals surface area contributed by atoms with Gasteiger partial charge in [0.2, 0.25) is 11.7 Å². The minimum absolute atomic E-state index is 0.0443. The molecule has 0 radical (unpaired) electrons. The molecule has 1 aromatic carbocycles. The fraction of sp³-hybridized carbons (Fsp3) is 0.531. The van der Waals surface area contributed by atoms with E-state index in [0.717, 1.165) is 25.7 Å². The van der Waals surface area contributed by atoms with Crippen LogP contribution in [0.25, 0.3) is 0 Å². The summed E-state index contributed by atoms with van der Waals surface area (Å²) in [5, 5.41) is 11.8. The second-order valence-corrected chi connectivity index (χ2v) is 11.5. The van der Waals surface area contributed by atoms with Gasteiger partial charge in [-0.2, -0.15) is 0 Å². The molecule has 4 heterocycles. The van der Waals surface area contributed by atoms with E-state index in [1.807, 2.05) is 0 Å². The van der Waals surface area contributed by atoms with Crippen LogP contribution in [-0.2, 0) is 26.1 Å². The number of amides is 3. The number of carboxylic acid groups (broad SMARTS) is 1.